The summed E-state index contributed by atoms with van der Waals surface area (Å²) in [7, 11) is 0. The van der Waals surface area contributed by atoms with Crippen LogP contribution in [0.15, 0.2) is 24.0 Å². The minimum Gasteiger partial charge on any atom is -0.387 e. The zero-order valence-electron chi connectivity index (χ0n) is 5.22. The maximum Gasteiger partial charge on any atom is 0.0671 e. The summed E-state index contributed by atoms with van der Waals surface area (Å²) < 4.78 is 0. The standard InChI is InChI=1S/C7H10N2/c1-2-6-7(8-4-1)3-5-9-6/h1-2,4,7-9H,3,5H2. The number of rotatable bonds is 0. The van der Waals surface area contributed by atoms with Crippen LogP contribution in [0.3, 0.4) is 0 Å². The van der Waals surface area contributed by atoms with Crippen molar-refractivity contribution in [2.24, 2.45) is 0 Å². The van der Waals surface area contributed by atoms with Gasteiger partial charge in [0.15, 0.2) is 0 Å². The quantitative estimate of drug-likeness (QED) is 0.484. The normalized spacial score (nSPS) is 30.2. The van der Waals surface area contributed by atoms with Gasteiger partial charge in [-0.15, -0.1) is 0 Å². The van der Waals surface area contributed by atoms with Gasteiger partial charge in [-0.2, -0.15) is 0 Å². The molecule has 0 amide bonds. The third-order valence-corrected chi connectivity index (χ3v) is 1.81. The Morgan fingerprint density at radius 3 is 3.44 bits per heavy atom. The molecule has 2 rings (SSSR count). The Morgan fingerprint density at radius 2 is 2.56 bits per heavy atom. The first kappa shape index (κ1) is 4.91. The van der Waals surface area contributed by atoms with Crippen molar-refractivity contribution in [3.8, 4) is 0 Å². The van der Waals surface area contributed by atoms with Gasteiger partial charge in [0.05, 0.1) is 6.04 Å². The van der Waals surface area contributed by atoms with Gasteiger partial charge in [0.25, 0.3) is 0 Å². The van der Waals surface area contributed by atoms with Gasteiger partial charge in [0.2, 0.25) is 0 Å². The lowest BCUT2D eigenvalue weighted by atomic mass is 10.2. The molecule has 2 heterocycles. The second-order valence-corrected chi connectivity index (χ2v) is 2.42. The van der Waals surface area contributed by atoms with Crippen LogP contribution >= 0.6 is 0 Å². The van der Waals surface area contributed by atoms with Crippen LogP contribution in [0.5, 0.6) is 0 Å². The SMILES string of the molecule is C1=CNC2CCNC2=C1. The van der Waals surface area contributed by atoms with Crippen molar-refractivity contribution >= 4 is 0 Å². The molecule has 1 atom stereocenters. The first-order valence-corrected chi connectivity index (χ1v) is 3.33. The van der Waals surface area contributed by atoms with E-state index in [1.807, 2.05) is 12.3 Å². The summed E-state index contributed by atoms with van der Waals surface area (Å²) in [5.41, 5.74) is 1.34. The maximum absolute atomic E-state index is 3.31. The van der Waals surface area contributed by atoms with Gasteiger partial charge in [0.1, 0.15) is 0 Å². The smallest absolute Gasteiger partial charge is 0.0671 e. The summed E-state index contributed by atoms with van der Waals surface area (Å²) in [6.07, 6.45) is 7.38. The average molecular weight is 122 g/mol. The molecular weight excluding hydrogens is 112 g/mol. The number of allylic oxidation sites excluding steroid dienone is 2. The van der Waals surface area contributed by atoms with Gasteiger partial charge in [-0.25, -0.2) is 0 Å². The molecule has 0 aromatic rings. The highest BCUT2D eigenvalue weighted by Gasteiger charge is 2.19. The van der Waals surface area contributed by atoms with Crippen molar-refractivity contribution < 1.29 is 0 Å². The van der Waals surface area contributed by atoms with E-state index in [0.717, 1.165) is 6.54 Å². The lowest BCUT2D eigenvalue weighted by molar-refractivity contribution is 0.683. The average Bonchev–Trinajstić information content (AvgIpc) is 2.33. The van der Waals surface area contributed by atoms with E-state index < -0.39 is 0 Å². The minimum atomic E-state index is 0.579. The fraction of sp³-hybridized carbons (Fsp3) is 0.429. The topological polar surface area (TPSA) is 24.1 Å². The molecule has 2 aliphatic rings. The van der Waals surface area contributed by atoms with Crippen LogP contribution in [0.4, 0.5) is 0 Å². The van der Waals surface area contributed by atoms with Gasteiger partial charge in [-0.1, -0.05) is 0 Å². The van der Waals surface area contributed by atoms with Crippen LogP contribution in [0.2, 0.25) is 0 Å². The highest BCUT2D eigenvalue weighted by Crippen LogP contribution is 2.12. The number of hydrogen-bond donors (Lipinski definition) is 2. The Bertz CT molecular complexity index is 170. The van der Waals surface area contributed by atoms with Gasteiger partial charge >= 0.3 is 0 Å². The van der Waals surface area contributed by atoms with Crippen molar-refractivity contribution in [2.75, 3.05) is 6.54 Å². The molecule has 2 nitrogen and oxygen atoms in total. The number of hydrogen-bond acceptors (Lipinski definition) is 2. The lowest BCUT2D eigenvalue weighted by Crippen LogP contribution is -2.26. The number of fused-ring (bicyclic) bond motifs is 1. The van der Waals surface area contributed by atoms with Gasteiger partial charge in [-0.3, -0.25) is 0 Å². The third-order valence-electron chi connectivity index (χ3n) is 1.81. The van der Waals surface area contributed by atoms with Crippen molar-refractivity contribution in [3.63, 3.8) is 0 Å². The Labute approximate surface area is 54.6 Å². The monoisotopic (exact) mass is 122 g/mol. The molecule has 0 bridgehead atoms. The lowest BCUT2D eigenvalue weighted by Gasteiger charge is -2.13. The predicted octanol–water partition coefficient (Wildman–Crippen LogP) is 0.349. The van der Waals surface area contributed by atoms with E-state index in [9.17, 15) is 0 Å². The minimum absolute atomic E-state index is 0.579. The van der Waals surface area contributed by atoms with E-state index >= 15 is 0 Å². The molecule has 9 heavy (non-hydrogen) atoms. The maximum atomic E-state index is 3.31. The first-order valence-electron chi connectivity index (χ1n) is 3.33. The molecule has 0 aromatic heterocycles. The summed E-state index contributed by atoms with van der Waals surface area (Å²) in [4.78, 5) is 0. The summed E-state index contributed by atoms with van der Waals surface area (Å²) in [5.74, 6) is 0. The number of dihydropyridines is 1. The molecule has 0 spiro atoms. The molecule has 2 N–H and O–H groups in total. The Hall–Kier alpha value is -0.920. The zero-order chi connectivity index (χ0) is 6.10. The van der Waals surface area contributed by atoms with E-state index in [4.69, 9.17) is 0 Å². The van der Waals surface area contributed by atoms with Crippen LogP contribution in [0, 0.1) is 0 Å². The molecule has 0 saturated carbocycles. The molecule has 1 unspecified atom stereocenters. The molecule has 0 aliphatic carbocycles. The Balaban J connectivity index is 2.23. The van der Waals surface area contributed by atoms with Crippen LogP contribution < -0.4 is 10.6 Å². The fourth-order valence-corrected chi connectivity index (χ4v) is 1.31. The summed E-state index contributed by atoms with van der Waals surface area (Å²) in [6, 6.07) is 0.579. The van der Waals surface area contributed by atoms with Crippen LogP contribution in [0.25, 0.3) is 0 Å². The van der Waals surface area contributed by atoms with E-state index in [-0.39, 0.29) is 0 Å². The second kappa shape index (κ2) is 1.79. The van der Waals surface area contributed by atoms with E-state index in [1.54, 1.807) is 0 Å². The Morgan fingerprint density at radius 1 is 1.56 bits per heavy atom. The molecule has 2 heteroatoms. The molecular formula is C7H10N2. The highest BCUT2D eigenvalue weighted by molar-refractivity contribution is 5.24. The van der Waals surface area contributed by atoms with Crippen molar-refractivity contribution in [2.45, 2.75) is 12.5 Å². The second-order valence-electron chi connectivity index (χ2n) is 2.42. The van der Waals surface area contributed by atoms with Crippen molar-refractivity contribution in [3.05, 3.63) is 24.0 Å². The molecule has 1 fully saturated rings. The van der Waals surface area contributed by atoms with Gasteiger partial charge in [-0.05, 0) is 24.8 Å². The molecule has 2 aliphatic heterocycles. The van der Waals surface area contributed by atoms with Crippen LogP contribution in [0.1, 0.15) is 6.42 Å². The zero-order valence-corrected chi connectivity index (χ0v) is 5.22. The first-order chi connectivity index (χ1) is 4.47. The van der Waals surface area contributed by atoms with E-state index in [0.29, 0.717) is 6.04 Å². The van der Waals surface area contributed by atoms with Gasteiger partial charge < -0.3 is 10.6 Å². The van der Waals surface area contributed by atoms with Gasteiger partial charge in [0, 0.05) is 12.2 Å². The summed E-state index contributed by atoms with van der Waals surface area (Å²) in [5, 5.41) is 6.58. The van der Waals surface area contributed by atoms with Crippen LogP contribution in [-0.4, -0.2) is 12.6 Å². The summed E-state index contributed by atoms with van der Waals surface area (Å²) in [6.45, 7) is 1.12. The molecule has 0 radical (unpaired) electrons. The van der Waals surface area contributed by atoms with Crippen molar-refractivity contribution in [1.82, 2.24) is 10.6 Å². The largest absolute Gasteiger partial charge is 0.387 e. The van der Waals surface area contributed by atoms with Crippen molar-refractivity contribution in [1.29, 1.82) is 0 Å². The molecule has 1 saturated heterocycles. The molecule has 0 aromatic carbocycles. The molecule has 48 valence electrons. The van der Waals surface area contributed by atoms with Crippen LogP contribution in [-0.2, 0) is 0 Å². The Kier molecular flexibility index (Phi) is 0.979. The highest BCUT2D eigenvalue weighted by atomic mass is 15.0. The fourth-order valence-electron chi connectivity index (χ4n) is 1.31. The third kappa shape index (κ3) is 0.707. The van der Waals surface area contributed by atoms with E-state index in [2.05, 4.69) is 16.7 Å². The predicted molar refractivity (Wildman–Crippen MR) is 36.8 cm³/mol. The number of nitrogens with one attached hydrogen (secondary N) is 2. The summed E-state index contributed by atoms with van der Waals surface area (Å²) >= 11 is 0. The van der Waals surface area contributed by atoms with E-state index in [1.165, 1.54) is 12.1 Å².